The number of nitrogens with one attached hydrogen (secondary N) is 1. The minimum Gasteiger partial charge on any atom is -0.459 e. The average Bonchev–Trinajstić information content (AvgIpc) is 3.36. The van der Waals surface area contributed by atoms with Crippen LogP contribution in [0.3, 0.4) is 0 Å². The van der Waals surface area contributed by atoms with E-state index in [1.165, 1.54) is 27.3 Å². The van der Waals surface area contributed by atoms with Gasteiger partial charge in [-0.1, -0.05) is 30.3 Å². The van der Waals surface area contributed by atoms with E-state index in [0.717, 1.165) is 16.1 Å². The van der Waals surface area contributed by atoms with Crippen LogP contribution in [0, 0.1) is 0 Å². The van der Waals surface area contributed by atoms with Crippen LogP contribution in [-0.4, -0.2) is 30.2 Å². The fourth-order valence-electron chi connectivity index (χ4n) is 2.82. The monoisotopic (exact) mass is 415 g/mol. The minimum absolute atomic E-state index is 0.198. The second-order valence-electron chi connectivity index (χ2n) is 6.16. The van der Waals surface area contributed by atoms with Gasteiger partial charge in [0.05, 0.1) is 18.5 Å². The standard InChI is InChI=1S/C19H17N3O4S2/c23-18(16-7-4-11-26-16)21-19-20-15-8-10-22(13-17(15)27-19)28(24,25)12-9-14-5-2-1-3-6-14/h1-7,9,11-12H,8,10,13H2,(H,20,21,23). The largest absolute Gasteiger partial charge is 0.459 e. The molecule has 7 nitrogen and oxygen atoms in total. The first-order chi connectivity index (χ1) is 13.5. The van der Waals surface area contributed by atoms with Gasteiger partial charge in [-0.2, -0.15) is 4.31 Å². The van der Waals surface area contributed by atoms with Gasteiger partial charge in [0.15, 0.2) is 10.9 Å². The molecule has 4 rings (SSSR count). The van der Waals surface area contributed by atoms with Crippen molar-refractivity contribution < 1.29 is 17.6 Å². The molecule has 0 fully saturated rings. The second kappa shape index (κ2) is 7.70. The van der Waals surface area contributed by atoms with Crippen LogP contribution in [-0.2, 0) is 23.0 Å². The SMILES string of the molecule is O=C(Nc1nc2c(s1)CN(S(=O)(=O)C=Cc1ccccc1)CC2)c1ccco1. The maximum atomic E-state index is 12.6. The normalized spacial score (nSPS) is 14.9. The van der Waals surface area contributed by atoms with Crippen molar-refractivity contribution in [2.24, 2.45) is 0 Å². The molecule has 1 aliphatic rings. The molecular weight excluding hydrogens is 398 g/mol. The average molecular weight is 415 g/mol. The number of furan rings is 1. The predicted octanol–water partition coefficient (Wildman–Crippen LogP) is 3.35. The third-order valence-corrected chi connectivity index (χ3v) is 6.76. The highest BCUT2D eigenvalue weighted by atomic mass is 32.2. The zero-order chi connectivity index (χ0) is 19.6. The molecule has 144 valence electrons. The number of rotatable bonds is 5. The van der Waals surface area contributed by atoms with Crippen LogP contribution >= 0.6 is 11.3 Å². The maximum Gasteiger partial charge on any atom is 0.293 e. The Labute approximate surface area is 166 Å². The van der Waals surface area contributed by atoms with E-state index < -0.39 is 10.0 Å². The molecule has 0 bridgehead atoms. The van der Waals surface area contributed by atoms with Gasteiger partial charge in [-0.25, -0.2) is 13.4 Å². The van der Waals surface area contributed by atoms with E-state index in [1.54, 1.807) is 18.2 Å². The van der Waals surface area contributed by atoms with Crippen molar-refractivity contribution in [1.29, 1.82) is 0 Å². The fraction of sp³-hybridized carbons (Fsp3) is 0.158. The van der Waals surface area contributed by atoms with Crippen molar-refractivity contribution in [3.63, 3.8) is 0 Å². The van der Waals surface area contributed by atoms with Crippen LogP contribution in [0.15, 0.2) is 58.6 Å². The number of anilines is 1. The van der Waals surface area contributed by atoms with Gasteiger partial charge in [-0.15, -0.1) is 11.3 Å². The van der Waals surface area contributed by atoms with Crippen molar-refractivity contribution in [1.82, 2.24) is 9.29 Å². The maximum absolute atomic E-state index is 12.6. The van der Waals surface area contributed by atoms with E-state index in [0.29, 0.717) is 18.1 Å². The number of aromatic nitrogens is 1. The lowest BCUT2D eigenvalue weighted by Gasteiger charge is -2.23. The topological polar surface area (TPSA) is 92.5 Å². The minimum atomic E-state index is -3.54. The molecular formula is C19H17N3O4S2. The Morgan fingerprint density at radius 1 is 1.21 bits per heavy atom. The van der Waals surface area contributed by atoms with Gasteiger partial charge < -0.3 is 4.42 Å². The molecule has 1 amide bonds. The predicted molar refractivity (Wildman–Crippen MR) is 107 cm³/mol. The smallest absolute Gasteiger partial charge is 0.293 e. The van der Waals surface area contributed by atoms with Gasteiger partial charge in [0, 0.05) is 23.3 Å². The zero-order valence-electron chi connectivity index (χ0n) is 14.7. The van der Waals surface area contributed by atoms with E-state index >= 15 is 0 Å². The molecule has 0 spiro atoms. The number of carbonyl (C=O) groups is 1. The number of hydrogen-bond donors (Lipinski definition) is 1. The summed E-state index contributed by atoms with van der Waals surface area (Å²) < 4.78 is 31.8. The first-order valence-corrected chi connectivity index (χ1v) is 10.9. The summed E-state index contributed by atoms with van der Waals surface area (Å²) in [6, 6.07) is 12.5. The molecule has 0 radical (unpaired) electrons. The van der Waals surface area contributed by atoms with Crippen LogP contribution in [0.1, 0.15) is 26.7 Å². The summed E-state index contributed by atoms with van der Waals surface area (Å²) in [4.78, 5) is 17.3. The molecule has 0 saturated carbocycles. The third-order valence-electron chi connectivity index (χ3n) is 4.25. The Kier molecular flexibility index (Phi) is 5.12. The number of hydrogen-bond acceptors (Lipinski definition) is 6. The van der Waals surface area contributed by atoms with Crippen molar-refractivity contribution in [3.8, 4) is 0 Å². The van der Waals surface area contributed by atoms with Gasteiger partial charge >= 0.3 is 0 Å². The molecule has 1 aliphatic heterocycles. The van der Waals surface area contributed by atoms with Crippen LogP contribution in [0.4, 0.5) is 5.13 Å². The molecule has 0 aliphatic carbocycles. The number of thiazole rings is 1. The van der Waals surface area contributed by atoms with E-state index in [-0.39, 0.29) is 18.2 Å². The molecule has 3 heterocycles. The van der Waals surface area contributed by atoms with Crippen molar-refractivity contribution in [2.75, 3.05) is 11.9 Å². The quantitative estimate of drug-likeness (QED) is 0.690. The van der Waals surface area contributed by atoms with Gasteiger partial charge in [-0.3, -0.25) is 10.1 Å². The van der Waals surface area contributed by atoms with Crippen molar-refractivity contribution in [2.45, 2.75) is 13.0 Å². The molecule has 1 N–H and O–H groups in total. The summed E-state index contributed by atoms with van der Waals surface area (Å²) in [5.74, 6) is -0.185. The first-order valence-electron chi connectivity index (χ1n) is 8.58. The van der Waals surface area contributed by atoms with E-state index in [9.17, 15) is 13.2 Å². The summed E-state index contributed by atoms with van der Waals surface area (Å²) in [5.41, 5.74) is 1.64. The number of benzene rings is 1. The van der Waals surface area contributed by atoms with E-state index in [4.69, 9.17) is 4.42 Å². The Balaban J connectivity index is 1.46. The van der Waals surface area contributed by atoms with Crippen LogP contribution < -0.4 is 5.32 Å². The summed E-state index contributed by atoms with van der Waals surface area (Å²) in [6.45, 7) is 0.592. The summed E-state index contributed by atoms with van der Waals surface area (Å²) >= 11 is 1.28. The molecule has 1 aromatic carbocycles. The van der Waals surface area contributed by atoms with Crippen LogP contribution in [0.25, 0.3) is 6.08 Å². The fourth-order valence-corrected chi connectivity index (χ4v) is 5.08. The zero-order valence-corrected chi connectivity index (χ0v) is 16.4. The first kappa shape index (κ1) is 18.6. The van der Waals surface area contributed by atoms with Crippen LogP contribution in [0.2, 0.25) is 0 Å². The molecule has 0 saturated heterocycles. The van der Waals surface area contributed by atoms with Gasteiger partial charge in [0.2, 0.25) is 10.0 Å². The van der Waals surface area contributed by atoms with Gasteiger partial charge in [0.25, 0.3) is 5.91 Å². The van der Waals surface area contributed by atoms with E-state index in [1.807, 2.05) is 30.3 Å². The highest BCUT2D eigenvalue weighted by Gasteiger charge is 2.28. The molecule has 28 heavy (non-hydrogen) atoms. The van der Waals surface area contributed by atoms with Gasteiger partial charge in [-0.05, 0) is 23.8 Å². The number of fused-ring (bicyclic) bond motifs is 1. The number of sulfonamides is 1. The lowest BCUT2D eigenvalue weighted by Crippen LogP contribution is -2.34. The molecule has 3 aromatic rings. The molecule has 0 unspecified atom stereocenters. The molecule has 0 atom stereocenters. The van der Waals surface area contributed by atoms with E-state index in [2.05, 4.69) is 10.3 Å². The van der Waals surface area contributed by atoms with Crippen molar-refractivity contribution in [3.05, 3.63) is 76.0 Å². The number of nitrogens with zero attached hydrogens (tertiary/aromatic N) is 2. The van der Waals surface area contributed by atoms with Gasteiger partial charge in [0.1, 0.15) is 0 Å². The molecule has 2 aromatic heterocycles. The summed E-state index contributed by atoms with van der Waals surface area (Å²) in [7, 11) is -3.54. The third kappa shape index (κ3) is 4.06. The lowest BCUT2D eigenvalue weighted by molar-refractivity contribution is 0.0996. The number of amides is 1. The Morgan fingerprint density at radius 3 is 2.79 bits per heavy atom. The Hall–Kier alpha value is -2.75. The summed E-state index contributed by atoms with van der Waals surface area (Å²) in [5, 5.41) is 4.36. The highest BCUT2D eigenvalue weighted by molar-refractivity contribution is 7.92. The van der Waals surface area contributed by atoms with Crippen molar-refractivity contribution >= 4 is 38.5 Å². The second-order valence-corrected chi connectivity index (χ2v) is 9.06. The lowest BCUT2D eigenvalue weighted by atomic mass is 10.2. The van der Waals surface area contributed by atoms with Crippen LogP contribution in [0.5, 0.6) is 0 Å². The Bertz CT molecular complexity index is 1100. The molecule has 9 heteroatoms. The Morgan fingerprint density at radius 2 is 2.04 bits per heavy atom. The number of carbonyl (C=O) groups excluding carboxylic acids is 1. The summed E-state index contributed by atoms with van der Waals surface area (Å²) in [6.07, 6.45) is 3.51. The highest BCUT2D eigenvalue weighted by Crippen LogP contribution is 2.30.